The van der Waals surface area contributed by atoms with Gasteiger partial charge in [-0.25, -0.2) is 0 Å². The Balaban J connectivity index is 3.37. The Bertz CT molecular complexity index is 1190. The number of unbranched alkanes of at least 4 members (excludes halogenated alkanes) is 58. The second-order valence-electron chi connectivity index (χ2n) is 25.3. The van der Waals surface area contributed by atoms with Gasteiger partial charge in [0.05, 0.1) is 25.4 Å². The smallest absolute Gasteiger partial charge is 0.305 e. The van der Waals surface area contributed by atoms with E-state index in [4.69, 9.17) is 4.74 Å². The third-order valence-corrected chi connectivity index (χ3v) is 17.3. The predicted molar refractivity (Wildman–Crippen MR) is 347 cm³/mol. The fraction of sp³-hybridized carbons (Fsp3) is 0.945. The van der Waals surface area contributed by atoms with Crippen LogP contribution in [-0.2, 0) is 14.3 Å². The van der Waals surface area contributed by atoms with Crippen LogP contribution in [0.3, 0.4) is 0 Å². The van der Waals surface area contributed by atoms with Gasteiger partial charge in [-0.15, -0.1) is 0 Å². The molecule has 0 radical (unpaired) electrons. The number of carbonyl (C=O) groups excluding carboxylic acids is 2. The Morgan fingerprint density at radius 2 is 0.582 bits per heavy atom. The number of carbonyl (C=O) groups is 2. The number of rotatable bonds is 69. The molecule has 0 spiro atoms. The molecule has 6 nitrogen and oxygen atoms in total. The first-order valence-electron chi connectivity index (χ1n) is 36.5. The maximum atomic E-state index is 12.5. The van der Waals surface area contributed by atoms with Gasteiger partial charge in [0.15, 0.2) is 0 Å². The second kappa shape index (κ2) is 69.1. The van der Waals surface area contributed by atoms with E-state index in [0.717, 1.165) is 38.5 Å². The zero-order chi connectivity index (χ0) is 57.1. The van der Waals surface area contributed by atoms with Crippen molar-refractivity contribution in [2.75, 3.05) is 13.2 Å². The molecule has 3 N–H and O–H groups in total. The lowest BCUT2D eigenvalue weighted by Gasteiger charge is -2.20. The molecule has 0 saturated carbocycles. The Morgan fingerprint density at radius 3 is 0.861 bits per heavy atom. The molecule has 79 heavy (non-hydrogen) atoms. The van der Waals surface area contributed by atoms with Crippen LogP contribution in [0.15, 0.2) is 12.2 Å². The van der Waals surface area contributed by atoms with Crippen LogP contribution in [0.25, 0.3) is 0 Å². The predicted octanol–water partition coefficient (Wildman–Crippen LogP) is 23.5. The molecular weight excluding hydrogens is 971 g/mol. The number of nitrogens with one attached hydrogen (secondary N) is 1. The van der Waals surface area contributed by atoms with Gasteiger partial charge >= 0.3 is 5.97 Å². The number of ether oxygens (including phenoxy) is 1. The van der Waals surface area contributed by atoms with E-state index >= 15 is 0 Å². The molecule has 470 valence electrons. The van der Waals surface area contributed by atoms with Crippen molar-refractivity contribution in [2.24, 2.45) is 0 Å². The molecule has 0 aliphatic carbocycles. The lowest BCUT2D eigenvalue weighted by molar-refractivity contribution is -0.143. The first-order chi connectivity index (χ1) is 39.0. The van der Waals surface area contributed by atoms with Crippen molar-refractivity contribution in [2.45, 2.75) is 431 Å². The number of hydrogen-bond donors (Lipinski definition) is 3. The maximum Gasteiger partial charge on any atom is 0.305 e. The van der Waals surface area contributed by atoms with Crippen molar-refractivity contribution in [1.82, 2.24) is 5.32 Å². The van der Waals surface area contributed by atoms with Gasteiger partial charge in [-0.1, -0.05) is 386 Å². The van der Waals surface area contributed by atoms with Crippen molar-refractivity contribution < 1.29 is 24.5 Å². The van der Waals surface area contributed by atoms with E-state index < -0.39 is 12.1 Å². The van der Waals surface area contributed by atoms with Gasteiger partial charge < -0.3 is 20.3 Å². The van der Waals surface area contributed by atoms with E-state index in [0.29, 0.717) is 19.4 Å². The summed E-state index contributed by atoms with van der Waals surface area (Å²) in [6, 6.07) is -0.625. The van der Waals surface area contributed by atoms with Crippen LogP contribution >= 0.6 is 0 Å². The molecule has 0 aromatic carbocycles. The highest BCUT2D eigenvalue weighted by Crippen LogP contribution is 2.19. The quantitative estimate of drug-likeness (QED) is 0.0320. The number of amides is 1. The lowest BCUT2D eigenvalue weighted by atomic mass is 10.0. The average molecular weight is 1110 g/mol. The minimum Gasteiger partial charge on any atom is -0.466 e. The second-order valence-corrected chi connectivity index (χ2v) is 25.3. The van der Waals surface area contributed by atoms with Crippen LogP contribution in [-0.4, -0.2) is 47.4 Å². The fourth-order valence-electron chi connectivity index (χ4n) is 11.8. The molecule has 0 aromatic rings. The molecule has 0 saturated heterocycles. The van der Waals surface area contributed by atoms with Gasteiger partial charge in [0.2, 0.25) is 5.91 Å². The summed E-state index contributed by atoms with van der Waals surface area (Å²) in [4.78, 5) is 24.5. The molecule has 1 amide bonds. The van der Waals surface area contributed by atoms with Gasteiger partial charge in [-0.3, -0.25) is 9.59 Å². The Morgan fingerprint density at radius 1 is 0.342 bits per heavy atom. The number of esters is 1. The highest BCUT2D eigenvalue weighted by atomic mass is 16.5. The summed E-state index contributed by atoms with van der Waals surface area (Å²) in [5.74, 6) is -0.0396. The summed E-state index contributed by atoms with van der Waals surface area (Å²) in [5.41, 5.74) is 0. The zero-order valence-corrected chi connectivity index (χ0v) is 53.9. The summed E-state index contributed by atoms with van der Waals surface area (Å²) < 4.78 is 5.48. The molecule has 0 bridgehead atoms. The summed E-state index contributed by atoms with van der Waals surface area (Å²) in [6.45, 7) is 4.95. The summed E-state index contributed by atoms with van der Waals surface area (Å²) in [5, 5.41) is 23.3. The molecule has 6 heteroatoms. The first-order valence-corrected chi connectivity index (χ1v) is 36.5. The van der Waals surface area contributed by atoms with Crippen LogP contribution in [0.2, 0.25) is 0 Å². The Kier molecular flexibility index (Phi) is 67.9. The zero-order valence-electron chi connectivity index (χ0n) is 53.9. The van der Waals surface area contributed by atoms with Gasteiger partial charge in [0.25, 0.3) is 0 Å². The largest absolute Gasteiger partial charge is 0.466 e. The van der Waals surface area contributed by atoms with E-state index in [1.807, 2.05) is 6.08 Å². The average Bonchev–Trinajstić information content (AvgIpc) is 3.45. The van der Waals surface area contributed by atoms with Crippen LogP contribution < -0.4 is 5.32 Å². The fourth-order valence-corrected chi connectivity index (χ4v) is 11.8. The molecule has 0 aromatic heterocycles. The van der Waals surface area contributed by atoms with E-state index in [9.17, 15) is 19.8 Å². The number of aliphatic hydroxyl groups is 2. The topological polar surface area (TPSA) is 95.9 Å². The molecule has 0 fully saturated rings. The van der Waals surface area contributed by atoms with E-state index in [1.54, 1.807) is 6.08 Å². The summed E-state index contributed by atoms with van der Waals surface area (Å²) in [7, 11) is 0. The monoisotopic (exact) mass is 1110 g/mol. The highest BCUT2D eigenvalue weighted by molar-refractivity contribution is 5.76. The molecule has 2 atom stereocenters. The number of allylic oxidation sites excluding steroid dienone is 1. The molecule has 0 rings (SSSR count). The third kappa shape index (κ3) is 65.6. The lowest BCUT2D eigenvalue weighted by Crippen LogP contribution is -2.45. The number of hydrogen-bond acceptors (Lipinski definition) is 5. The van der Waals surface area contributed by atoms with Crippen molar-refractivity contribution in [3.63, 3.8) is 0 Å². The van der Waals surface area contributed by atoms with Crippen LogP contribution in [0.4, 0.5) is 0 Å². The Hall–Kier alpha value is -1.40. The standard InChI is InChI=1S/C73H143NO5/c1-3-5-7-9-11-13-15-16-17-18-19-20-30-33-36-39-42-46-49-53-57-61-65-71(76)70(69-75)74-72(77)66-62-58-54-50-47-43-40-37-34-31-28-26-24-22-21-23-25-27-29-32-35-38-41-44-48-52-56-60-64-68-79-73(78)67-63-59-55-51-45-14-12-10-8-6-4-2/h61,65,70-71,75-76H,3-60,62-64,66-69H2,1-2H3,(H,74,77)/b65-61+. The van der Waals surface area contributed by atoms with Crippen molar-refractivity contribution in [3.05, 3.63) is 12.2 Å². The van der Waals surface area contributed by atoms with E-state index in [1.165, 1.54) is 353 Å². The van der Waals surface area contributed by atoms with E-state index in [2.05, 4.69) is 19.2 Å². The number of aliphatic hydroxyl groups excluding tert-OH is 2. The third-order valence-electron chi connectivity index (χ3n) is 17.3. The SMILES string of the molecule is CCCCCCCCCCCCCCCCCCCCCC/C=C/C(O)C(CO)NC(=O)CCCCCCCCCCCCCCCCCCCCCCCCCCCCCCCOC(=O)CCCCCCCCCCCCC. The normalized spacial score (nSPS) is 12.5. The van der Waals surface area contributed by atoms with Gasteiger partial charge in [-0.05, 0) is 32.1 Å². The van der Waals surface area contributed by atoms with Crippen molar-refractivity contribution in [1.29, 1.82) is 0 Å². The molecule has 0 heterocycles. The van der Waals surface area contributed by atoms with Crippen molar-refractivity contribution in [3.8, 4) is 0 Å². The Labute approximate surface area is 495 Å². The molecule has 0 aliphatic heterocycles. The minimum absolute atomic E-state index is 0.0198. The maximum absolute atomic E-state index is 12.5. The van der Waals surface area contributed by atoms with Crippen LogP contribution in [0.5, 0.6) is 0 Å². The van der Waals surface area contributed by atoms with Crippen LogP contribution in [0.1, 0.15) is 418 Å². The van der Waals surface area contributed by atoms with Gasteiger partial charge in [-0.2, -0.15) is 0 Å². The summed E-state index contributed by atoms with van der Waals surface area (Å²) in [6.07, 6.45) is 85.9. The molecule has 2 unspecified atom stereocenters. The highest BCUT2D eigenvalue weighted by Gasteiger charge is 2.18. The van der Waals surface area contributed by atoms with Crippen LogP contribution in [0, 0.1) is 0 Å². The van der Waals surface area contributed by atoms with Gasteiger partial charge in [0, 0.05) is 12.8 Å². The molecular formula is C73H143NO5. The summed E-state index contributed by atoms with van der Waals surface area (Å²) >= 11 is 0. The minimum atomic E-state index is -0.842. The van der Waals surface area contributed by atoms with Crippen molar-refractivity contribution >= 4 is 11.9 Å². The first kappa shape index (κ1) is 77.6. The van der Waals surface area contributed by atoms with Gasteiger partial charge in [0.1, 0.15) is 0 Å². The van der Waals surface area contributed by atoms with E-state index in [-0.39, 0.29) is 18.5 Å². The molecule has 0 aliphatic rings.